The topological polar surface area (TPSA) is 64.6 Å². The van der Waals surface area contributed by atoms with Crippen LogP contribution in [-0.4, -0.2) is 62.3 Å². The smallest absolute Gasteiger partial charge is 0.221 e. The van der Waals surface area contributed by atoms with E-state index < -0.39 is 5.60 Å². The SMILES string of the molecule is CNCCC(=O)NCC(C)(O)CN(C)C. The number of hydrogen-bond acceptors (Lipinski definition) is 4. The van der Waals surface area contributed by atoms with Crippen LogP contribution in [0.4, 0.5) is 0 Å². The molecule has 0 aromatic rings. The lowest BCUT2D eigenvalue weighted by Crippen LogP contribution is -2.47. The molecule has 0 spiro atoms. The van der Waals surface area contributed by atoms with Gasteiger partial charge in [-0.2, -0.15) is 0 Å². The second-order valence-corrected chi connectivity index (χ2v) is 4.37. The van der Waals surface area contributed by atoms with Gasteiger partial charge in [-0.25, -0.2) is 0 Å². The fourth-order valence-corrected chi connectivity index (χ4v) is 1.35. The van der Waals surface area contributed by atoms with E-state index in [0.29, 0.717) is 19.5 Å². The van der Waals surface area contributed by atoms with Crippen LogP contribution in [-0.2, 0) is 4.79 Å². The summed E-state index contributed by atoms with van der Waals surface area (Å²) in [6, 6.07) is 0. The third kappa shape index (κ3) is 8.35. The molecule has 0 bridgehead atoms. The van der Waals surface area contributed by atoms with Crippen LogP contribution in [0.15, 0.2) is 0 Å². The molecule has 0 aliphatic carbocycles. The van der Waals surface area contributed by atoms with Crippen molar-refractivity contribution in [1.82, 2.24) is 15.5 Å². The Morgan fingerprint density at radius 2 is 2.07 bits per heavy atom. The zero-order valence-corrected chi connectivity index (χ0v) is 10.1. The van der Waals surface area contributed by atoms with Gasteiger partial charge in [0.2, 0.25) is 5.91 Å². The van der Waals surface area contributed by atoms with Crippen molar-refractivity contribution in [2.75, 3.05) is 40.8 Å². The lowest BCUT2D eigenvalue weighted by molar-refractivity contribution is -0.122. The number of carbonyl (C=O) groups excluding carboxylic acids is 1. The quantitative estimate of drug-likeness (QED) is 0.513. The van der Waals surface area contributed by atoms with E-state index in [0.717, 1.165) is 0 Å². The van der Waals surface area contributed by atoms with Crippen LogP contribution in [0.25, 0.3) is 0 Å². The Morgan fingerprint density at radius 3 is 2.53 bits per heavy atom. The number of hydrogen-bond donors (Lipinski definition) is 3. The van der Waals surface area contributed by atoms with Gasteiger partial charge in [-0.3, -0.25) is 4.79 Å². The standard InChI is InChI=1S/C10H23N3O2/c1-10(15,8-13(3)4)7-12-9(14)5-6-11-2/h11,15H,5-8H2,1-4H3,(H,12,14). The maximum Gasteiger partial charge on any atom is 0.221 e. The molecule has 0 aliphatic heterocycles. The third-order valence-corrected chi connectivity index (χ3v) is 1.93. The van der Waals surface area contributed by atoms with Gasteiger partial charge in [-0.05, 0) is 28.1 Å². The molecule has 0 aliphatic rings. The molecule has 3 N–H and O–H groups in total. The van der Waals surface area contributed by atoms with E-state index in [1.165, 1.54) is 0 Å². The zero-order chi connectivity index (χ0) is 11.9. The maximum absolute atomic E-state index is 11.3. The summed E-state index contributed by atoms with van der Waals surface area (Å²) in [7, 11) is 5.57. The van der Waals surface area contributed by atoms with Crippen molar-refractivity contribution in [1.29, 1.82) is 0 Å². The highest BCUT2D eigenvalue weighted by Crippen LogP contribution is 2.02. The largest absolute Gasteiger partial charge is 0.387 e. The molecule has 90 valence electrons. The van der Waals surface area contributed by atoms with Crippen molar-refractivity contribution in [3.05, 3.63) is 0 Å². The maximum atomic E-state index is 11.3. The molecular formula is C10H23N3O2. The van der Waals surface area contributed by atoms with Crippen LogP contribution in [0.3, 0.4) is 0 Å². The van der Waals surface area contributed by atoms with Crippen LogP contribution in [0.5, 0.6) is 0 Å². The summed E-state index contributed by atoms with van der Waals surface area (Å²) >= 11 is 0. The van der Waals surface area contributed by atoms with E-state index in [-0.39, 0.29) is 12.5 Å². The van der Waals surface area contributed by atoms with Crippen LogP contribution < -0.4 is 10.6 Å². The third-order valence-electron chi connectivity index (χ3n) is 1.93. The molecule has 5 nitrogen and oxygen atoms in total. The van der Waals surface area contributed by atoms with Gasteiger partial charge in [0.05, 0.1) is 5.60 Å². The van der Waals surface area contributed by atoms with Gasteiger partial charge in [0.25, 0.3) is 0 Å². The first kappa shape index (κ1) is 14.3. The summed E-state index contributed by atoms with van der Waals surface area (Å²) in [5.74, 6) is -0.0385. The van der Waals surface area contributed by atoms with Crippen LogP contribution in [0, 0.1) is 0 Å². The second-order valence-electron chi connectivity index (χ2n) is 4.37. The number of likely N-dealkylation sites (N-methyl/N-ethyl adjacent to an activating group) is 1. The van der Waals surface area contributed by atoms with Crippen LogP contribution >= 0.6 is 0 Å². The van der Waals surface area contributed by atoms with E-state index in [1.54, 1.807) is 14.0 Å². The van der Waals surface area contributed by atoms with Crippen molar-refractivity contribution in [2.24, 2.45) is 0 Å². The highest BCUT2D eigenvalue weighted by Gasteiger charge is 2.21. The molecule has 1 amide bonds. The Hall–Kier alpha value is -0.650. The minimum absolute atomic E-state index is 0.0385. The normalized spacial score (nSPS) is 15.1. The average molecular weight is 217 g/mol. The lowest BCUT2D eigenvalue weighted by atomic mass is 10.1. The first-order valence-electron chi connectivity index (χ1n) is 5.16. The fourth-order valence-electron chi connectivity index (χ4n) is 1.35. The van der Waals surface area contributed by atoms with E-state index in [4.69, 9.17) is 0 Å². The summed E-state index contributed by atoms with van der Waals surface area (Å²) in [5.41, 5.74) is -0.876. The second kappa shape index (κ2) is 6.76. The van der Waals surface area contributed by atoms with Gasteiger partial charge in [0.15, 0.2) is 0 Å². The Morgan fingerprint density at radius 1 is 1.47 bits per heavy atom. The first-order valence-corrected chi connectivity index (χ1v) is 5.16. The van der Waals surface area contributed by atoms with Crippen molar-refractivity contribution < 1.29 is 9.90 Å². The molecule has 0 saturated heterocycles. The van der Waals surface area contributed by atoms with Gasteiger partial charge in [0.1, 0.15) is 0 Å². The molecule has 0 aromatic heterocycles. The van der Waals surface area contributed by atoms with E-state index >= 15 is 0 Å². The molecule has 0 saturated carbocycles. The fraction of sp³-hybridized carbons (Fsp3) is 0.900. The molecular weight excluding hydrogens is 194 g/mol. The Labute approximate surface area is 91.8 Å². The lowest BCUT2D eigenvalue weighted by Gasteiger charge is -2.27. The van der Waals surface area contributed by atoms with Gasteiger partial charge in [-0.1, -0.05) is 0 Å². The van der Waals surface area contributed by atoms with Gasteiger partial charge in [0, 0.05) is 26.1 Å². The molecule has 0 aromatic carbocycles. The van der Waals surface area contributed by atoms with Crippen molar-refractivity contribution in [3.8, 4) is 0 Å². The predicted molar refractivity (Wildman–Crippen MR) is 60.7 cm³/mol. The van der Waals surface area contributed by atoms with Crippen molar-refractivity contribution >= 4 is 5.91 Å². The minimum Gasteiger partial charge on any atom is -0.387 e. The van der Waals surface area contributed by atoms with Gasteiger partial charge >= 0.3 is 0 Å². The average Bonchev–Trinajstić information content (AvgIpc) is 2.09. The zero-order valence-electron chi connectivity index (χ0n) is 10.1. The summed E-state index contributed by atoms with van der Waals surface area (Å²) in [6.07, 6.45) is 0.439. The molecule has 0 fully saturated rings. The molecule has 1 unspecified atom stereocenters. The molecule has 0 rings (SSSR count). The summed E-state index contributed by atoms with van der Waals surface area (Å²) in [4.78, 5) is 13.1. The van der Waals surface area contributed by atoms with E-state index in [9.17, 15) is 9.90 Å². The highest BCUT2D eigenvalue weighted by molar-refractivity contribution is 5.76. The molecule has 5 heteroatoms. The molecule has 1 atom stereocenters. The number of carbonyl (C=O) groups is 1. The number of nitrogens with zero attached hydrogens (tertiary/aromatic N) is 1. The Balaban J connectivity index is 3.77. The number of nitrogens with one attached hydrogen (secondary N) is 2. The minimum atomic E-state index is -0.876. The van der Waals surface area contributed by atoms with Gasteiger partial charge in [-0.15, -0.1) is 0 Å². The molecule has 0 heterocycles. The van der Waals surface area contributed by atoms with Crippen LogP contribution in [0.1, 0.15) is 13.3 Å². The number of aliphatic hydroxyl groups is 1. The highest BCUT2D eigenvalue weighted by atomic mass is 16.3. The van der Waals surface area contributed by atoms with E-state index in [1.807, 2.05) is 19.0 Å². The monoisotopic (exact) mass is 217 g/mol. The molecule has 15 heavy (non-hydrogen) atoms. The van der Waals surface area contributed by atoms with Crippen LogP contribution in [0.2, 0.25) is 0 Å². The summed E-state index contributed by atoms with van der Waals surface area (Å²) in [5, 5.41) is 15.5. The summed E-state index contributed by atoms with van der Waals surface area (Å²) < 4.78 is 0. The van der Waals surface area contributed by atoms with Crippen molar-refractivity contribution in [2.45, 2.75) is 18.9 Å². The Kier molecular flexibility index (Phi) is 6.47. The summed E-state index contributed by atoms with van der Waals surface area (Å²) in [6.45, 7) is 3.18. The number of rotatable bonds is 7. The van der Waals surface area contributed by atoms with E-state index in [2.05, 4.69) is 10.6 Å². The Bertz CT molecular complexity index is 193. The molecule has 0 radical (unpaired) electrons. The van der Waals surface area contributed by atoms with Crippen molar-refractivity contribution in [3.63, 3.8) is 0 Å². The number of amides is 1. The first-order chi connectivity index (χ1) is 6.87. The predicted octanol–water partition coefficient (Wildman–Crippen LogP) is -0.975. The van der Waals surface area contributed by atoms with Gasteiger partial charge < -0.3 is 20.6 Å².